The summed E-state index contributed by atoms with van der Waals surface area (Å²) in [5.74, 6) is 0.401. The fourth-order valence-corrected chi connectivity index (χ4v) is 3.68. The number of aromatic nitrogens is 1. The van der Waals surface area contributed by atoms with Gasteiger partial charge in [0.1, 0.15) is 0 Å². The van der Waals surface area contributed by atoms with Crippen molar-refractivity contribution in [3.63, 3.8) is 0 Å². The predicted molar refractivity (Wildman–Crippen MR) is 75.6 cm³/mol. The van der Waals surface area contributed by atoms with Crippen LogP contribution in [0.2, 0.25) is 0 Å². The van der Waals surface area contributed by atoms with Gasteiger partial charge in [0, 0.05) is 12.1 Å². The molecular weight excluding hydrogens is 254 g/mol. The molecule has 110 valence electrons. The number of likely N-dealkylation sites (tertiary alicyclic amines) is 1. The molecule has 5 heteroatoms. The lowest BCUT2D eigenvalue weighted by molar-refractivity contribution is 0.0351. The second-order valence-electron chi connectivity index (χ2n) is 6.22. The van der Waals surface area contributed by atoms with E-state index in [0.717, 1.165) is 32.4 Å². The minimum atomic E-state index is -0.000347. The number of fused-ring (bicyclic) bond motifs is 1. The van der Waals surface area contributed by atoms with Gasteiger partial charge < -0.3 is 14.6 Å². The Morgan fingerprint density at radius 1 is 1.50 bits per heavy atom. The van der Waals surface area contributed by atoms with Crippen molar-refractivity contribution in [1.82, 2.24) is 15.2 Å². The SMILES string of the molecule is Cc1ncoc1C(=O)N1CCC[C@]2(C)NCCCC[C@H]12. The first kappa shape index (κ1) is 13.6. The lowest BCUT2D eigenvalue weighted by atomic mass is 9.81. The molecule has 0 bridgehead atoms. The van der Waals surface area contributed by atoms with Crippen molar-refractivity contribution in [3.8, 4) is 0 Å². The minimum Gasteiger partial charge on any atom is -0.438 e. The van der Waals surface area contributed by atoms with E-state index in [-0.39, 0.29) is 17.5 Å². The summed E-state index contributed by atoms with van der Waals surface area (Å²) < 4.78 is 5.30. The predicted octanol–water partition coefficient (Wildman–Crippen LogP) is 2.12. The summed E-state index contributed by atoms with van der Waals surface area (Å²) in [5, 5.41) is 3.66. The topological polar surface area (TPSA) is 58.4 Å². The van der Waals surface area contributed by atoms with Crippen LogP contribution in [-0.4, -0.2) is 40.5 Å². The number of nitrogens with one attached hydrogen (secondary N) is 1. The molecule has 1 N–H and O–H groups in total. The monoisotopic (exact) mass is 277 g/mol. The summed E-state index contributed by atoms with van der Waals surface area (Å²) in [6.07, 6.45) is 6.97. The van der Waals surface area contributed by atoms with E-state index in [1.165, 1.54) is 19.2 Å². The van der Waals surface area contributed by atoms with Gasteiger partial charge in [-0.25, -0.2) is 4.98 Å². The molecule has 0 aliphatic carbocycles. The number of carbonyl (C=O) groups is 1. The van der Waals surface area contributed by atoms with Crippen LogP contribution >= 0.6 is 0 Å². The first-order valence-corrected chi connectivity index (χ1v) is 7.58. The first-order chi connectivity index (χ1) is 9.62. The highest BCUT2D eigenvalue weighted by Crippen LogP contribution is 2.33. The van der Waals surface area contributed by atoms with Gasteiger partial charge in [0.2, 0.25) is 5.76 Å². The molecule has 20 heavy (non-hydrogen) atoms. The van der Waals surface area contributed by atoms with Crippen LogP contribution in [0.4, 0.5) is 0 Å². The maximum Gasteiger partial charge on any atom is 0.291 e. The summed E-state index contributed by atoms with van der Waals surface area (Å²) in [6, 6.07) is 0.260. The molecule has 2 atom stereocenters. The third-order valence-electron chi connectivity index (χ3n) is 4.84. The number of nitrogens with zero attached hydrogens (tertiary/aromatic N) is 2. The van der Waals surface area contributed by atoms with E-state index >= 15 is 0 Å². The Hall–Kier alpha value is -1.36. The molecule has 3 rings (SSSR count). The highest BCUT2D eigenvalue weighted by atomic mass is 16.3. The largest absolute Gasteiger partial charge is 0.438 e. The molecule has 3 heterocycles. The van der Waals surface area contributed by atoms with Gasteiger partial charge in [0.05, 0.1) is 11.7 Å². The van der Waals surface area contributed by atoms with E-state index in [0.29, 0.717) is 11.5 Å². The number of piperidine rings is 1. The Bertz CT molecular complexity index is 499. The van der Waals surface area contributed by atoms with Gasteiger partial charge in [-0.1, -0.05) is 6.42 Å². The Labute approximate surface area is 119 Å². The van der Waals surface area contributed by atoms with Gasteiger partial charge in [0.25, 0.3) is 5.91 Å². The molecule has 5 nitrogen and oxygen atoms in total. The van der Waals surface area contributed by atoms with Crippen molar-refractivity contribution in [2.45, 2.75) is 57.5 Å². The molecule has 0 radical (unpaired) electrons. The van der Waals surface area contributed by atoms with Crippen LogP contribution in [0.5, 0.6) is 0 Å². The fraction of sp³-hybridized carbons (Fsp3) is 0.733. The van der Waals surface area contributed by atoms with Crippen molar-refractivity contribution in [3.05, 3.63) is 17.8 Å². The highest BCUT2D eigenvalue weighted by molar-refractivity contribution is 5.92. The molecule has 2 aliphatic rings. The number of hydrogen-bond donors (Lipinski definition) is 1. The van der Waals surface area contributed by atoms with Crippen LogP contribution in [0, 0.1) is 6.92 Å². The summed E-state index contributed by atoms with van der Waals surface area (Å²) in [4.78, 5) is 18.8. The lowest BCUT2D eigenvalue weighted by Crippen LogP contribution is -2.62. The fourth-order valence-electron chi connectivity index (χ4n) is 3.68. The Kier molecular flexibility index (Phi) is 3.54. The number of rotatable bonds is 1. The van der Waals surface area contributed by atoms with Gasteiger partial charge >= 0.3 is 0 Å². The van der Waals surface area contributed by atoms with Crippen molar-refractivity contribution in [2.75, 3.05) is 13.1 Å². The molecule has 0 unspecified atom stereocenters. The van der Waals surface area contributed by atoms with Gasteiger partial charge in [-0.2, -0.15) is 0 Å². The molecule has 0 aromatic carbocycles. The van der Waals surface area contributed by atoms with E-state index < -0.39 is 0 Å². The second kappa shape index (κ2) is 5.20. The normalized spacial score (nSPS) is 30.7. The van der Waals surface area contributed by atoms with Crippen LogP contribution in [-0.2, 0) is 0 Å². The third-order valence-corrected chi connectivity index (χ3v) is 4.84. The molecule has 0 spiro atoms. The number of amides is 1. The van der Waals surface area contributed by atoms with Gasteiger partial charge in [-0.15, -0.1) is 0 Å². The van der Waals surface area contributed by atoms with Crippen LogP contribution in [0.3, 0.4) is 0 Å². The maximum absolute atomic E-state index is 12.8. The molecule has 1 amide bonds. The van der Waals surface area contributed by atoms with Gasteiger partial charge in [-0.05, 0) is 46.1 Å². The Morgan fingerprint density at radius 2 is 2.35 bits per heavy atom. The number of carbonyl (C=O) groups excluding carboxylic acids is 1. The molecule has 1 aromatic heterocycles. The van der Waals surface area contributed by atoms with Crippen LogP contribution in [0.25, 0.3) is 0 Å². The van der Waals surface area contributed by atoms with Crippen molar-refractivity contribution < 1.29 is 9.21 Å². The standard InChI is InChI=1S/C15H23N3O2/c1-11-13(20-10-16-11)14(19)18-9-5-7-15(2)12(18)6-3-4-8-17-15/h10,12,17H,3-9H2,1-2H3/t12-,15-/m0/s1. The lowest BCUT2D eigenvalue weighted by Gasteiger charge is -2.47. The number of oxazole rings is 1. The summed E-state index contributed by atoms with van der Waals surface area (Å²) in [7, 11) is 0. The van der Waals surface area contributed by atoms with Crippen LogP contribution in [0.15, 0.2) is 10.8 Å². The Balaban J connectivity index is 1.88. The van der Waals surface area contributed by atoms with Crippen LogP contribution < -0.4 is 5.32 Å². The molecule has 0 saturated carbocycles. The average molecular weight is 277 g/mol. The van der Waals surface area contributed by atoms with E-state index in [1.54, 1.807) is 0 Å². The van der Waals surface area contributed by atoms with Gasteiger partial charge in [-0.3, -0.25) is 4.79 Å². The van der Waals surface area contributed by atoms with E-state index in [1.807, 2.05) is 11.8 Å². The summed E-state index contributed by atoms with van der Waals surface area (Å²) in [6.45, 7) is 5.96. The highest BCUT2D eigenvalue weighted by Gasteiger charge is 2.44. The van der Waals surface area contributed by atoms with Gasteiger partial charge in [0.15, 0.2) is 6.39 Å². The zero-order valence-electron chi connectivity index (χ0n) is 12.3. The zero-order valence-corrected chi connectivity index (χ0v) is 12.3. The summed E-state index contributed by atoms with van der Waals surface area (Å²) in [5.41, 5.74) is 0.724. The van der Waals surface area contributed by atoms with Crippen molar-refractivity contribution >= 4 is 5.91 Å². The summed E-state index contributed by atoms with van der Waals surface area (Å²) >= 11 is 0. The molecular formula is C15H23N3O2. The quantitative estimate of drug-likeness (QED) is 0.854. The van der Waals surface area contributed by atoms with Crippen LogP contribution in [0.1, 0.15) is 55.3 Å². The molecule has 2 aliphatic heterocycles. The van der Waals surface area contributed by atoms with Crippen molar-refractivity contribution in [1.29, 1.82) is 0 Å². The molecule has 2 fully saturated rings. The second-order valence-corrected chi connectivity index (χ2v) is 6.22. The van der Waals surface area contributed by atoms with E-state index in [4.69, 9.17) is 4.42 Å². The average Bonchev–Trinajstić information content (AvgIpc) is 2.75. The molecule has 1 aromatic rings. The molecule has 2 saturated heterocycles. The van der Waals surface area contributed by atoms with E-state index in [9.17, 15) is 4.79 Å². The minimum absolute atomic E-state index is 0.000347. The maximum atomic E-state index is 12.8. The zero-order chi connectivity index (χ0) is 14.2. The Morgan fingerprint density at radius 3 is 3.10 bits per heavy atom. The number of hydrogen-bond acceptors (Lipinski definition) is 4. The van der Waals surface area contributed by atoms with Crippen molar-refractivity contribution in [2.24, 2.45) is 0 Å². The number of aryl methyl sites for hydroxylation is 1. The smallest absolute Gasteiger partial charge is 0.291 e. The first-order valence-electron chi connectivity index (χ1n) is 7.58. The van der Waals surface area contributed by atoms with E-state index in [2.05, 4.69) is 17.2 Å². The third kappa shape index (κ3) is 2.24.